The SMILES string of the molecule is COc1ccc(CN2C[C@]3(CC[C@](c4ccccc4)(N(C)C)CC3)N(CC(=O)NC3(C#N)CC3)C2=O)cc1. The van der Waals surface area contributed by atoms with Crippen molar-refractivity contribution >= 4 is 11.9 Å². The molecule has 1 spiro atoms. The predicted molar refractivity (Wildman–Crippen MR) is 144 cm³/mol. The molecule has 3 amide bonds. The summed E-state index contributed by atoms with van der Waals surface area (Å²) in [6.45, 7) is 1.02. The lowest BCUT2D eigenvalue weighted by Crippen LogP contribution is -2.57. The summed E-state index contributed by atoms with van der Waals surface area (Å²) in [5.74, 6) is 0.520. The topological polar surface area (TPSA) is 88.9 Å². The van der Waals surface area contributed by atoms with Crippen molar-refractivity contribution in [3.05, 3.63) is 65.7 Å². The molecule has 0 aromatic heterocycles. The van der Waals surface area contributed by atoms with Gasteiger partial charge in [0.1, 0.15) is 17.8 Å². The van der Waals surface area contributed by atoms with E-state index in [1.807, 2.05) is 35.2 Å². The van der Waals surface area contributed by atoms with Gasteiger partial charge in [-0.3, -0.25) is 9.69 Å². The lowest BCUT2D eigenvalue weighted by atomic mass is 9.68. The summed E-state index contributed by atoms with van der Waals surface area (Å²) >= 11 is 0. The maximum Gasteiger partial charge on any atom is 0.321 e. The molecule has 1 saturated heterocycles. The Kier molecular flexibility index (Phi) is 6.83. The van der Waals surface area contributed by atoms with Crippen LogP contribution in [0.4, 0.5) is 4.79 Å². The van der Waals surface area contributed by atoms with Crippen molar-refractivity contribution in [2.24, 2.45) is 0 Å². The molecular weight excluding hydrogens is 478 g/mol. The van der Waals surface area contributed by atoms with Gasteiger partial charge in [-0.25, -0.2) is 4.79 Å². The second kappa shape index (κ2) is 9.95. The van der Waals surface area contributed by atoms with Gasteiger partial charge in [0.15, 0.2) is 0 Å². The van der Waals surface area contributed by atoms with Crippen LogP contribution >= 0.6 is 0 Å². The van der Waals surface area contributed by atoms with Crippen molar-refractivity contribution in [2.75, 3.05) is 34.3 Å². The Bertz CT molecular complexity index is 1210. The summed E-state index contributed by atoms with van der Waals surface area (Å²) in [5, 5.41) is 12.3. The maximum atomic E-state index is 13.8. The van der Waals surface area contributed by atoms with Crippen LogP contribution in [-0.4, -0.2) is 72.0 Å². The second-order valence-electron chi connectivity index (χ2n) is 11.3. The van der Waals surface area contributed by atoms with Crippen LogP contribution in [0.15, 0.2) is 54.6 Å². The molecule has 8 nitrogen and oxygen atoms in total. The first-order chi connectivity index (χ1) is 18.2. The van der Waals surface area contributed by atoms with E-state index < -0.39 is 11.1 Å². The van der Waals surface area contributed by atoms with Gasteiger partial charge >= 0.3 is 6.03 Å². The number of hydrogen-bond donors (Lipinski definition) is 1. The minimum Gasteiger partial charge on any atom is -0.497 e. The third-order valence-electron chi connectivity index (χ3n) is 8.91. The van der Waals surface area contributed by atoms with E-state index in [0.29, 0.717) is 25.9 Å². The van der Waals surface area contributed by atoms with Crippen LogP contribution in [0.3, 0.4) is 0 Å². The molecule has 2 aromatic rings. The Morgan fingerprint density at radius 1 is 1.03 bits per heavy atom. The number of amides is 3. The summed E-state index contributed by atoms with van der Waals surface area (Å²) in [4.78, 5) is 32.9. The quantitative estimate of drug-likeness (QED) is 0.577. The van der Waals surface area contributed by atoms with Crippen LogP contribution in [0.25, 0.3) is 0 Å². The molecule has 0 atom stereocenters. The molecule has 2 saturated carbocycles. The van der Waals surface area contributed by atoms with Gasteiger partial charge in [0, 0.05) is 18.6 Å². The summed E-state index contributed by atoms with van der Waals surface area (Å²) in [7, 11) is 5.89. The van der Waals surface area contributed by atoms with E-state index in [4.69, 9.17) is 4.74 Å². The number of hydrogen-bond acceptors (Lipinski definition) is 5. The molecular formula is C30H37N5O3. The number of nitrogens with zero attached hydrogens (tertiary/aromatic N) is 4. The van der Waals surface area contributed by atoms with Gasteiger partial charge in [-0.15, -0.1) is 0 Å². The largest absolute Gasteiger partial charge is 0.497 e. The maximum absolute atomic E-state index is 13.8. The number of ether oxygens (including phenoxy) is 1. The van der Waals surface area contributed by atoms with Crippen LogP contribution in [0.5, 0.6) is 5.75 Å². The van der Waals surface area contributed by atoms with Crippen molar-refractivity contribution in [1.29, 1.82) is 5.26 Å². The van der Waals surface area contributed by atoms with Crippen molar-refractivity contribution in [3.63, 3.8) is 0 Å². The number of urea groups is 1. The first-order valence-electron chi connectivity index (χ1n) is 13.4. The minimum atomic E-state index is -0.754. The van der Waals surface area contributed by atoms with Crippen LogP contribution in [-0.2, 0) is 16.9 Å². The molecule has 0 radical (unpaired) electrons. The molecule has 2 aliphatic carbocycles. The normalized spacial score (nSPS) is 25.9. The third-order valence-corrected chi connectivity index (χ3v) is 8.91. The van der Waals surface area contributed by atoms with Gasteiger partial charge in [-0.2, -0.15) is 5.26 Å². The molecule has 2 aromatic carbocycles. The Morgan fingerprint density at radius 3 is 2.24 bits per heavy atom. The highest BCUT2D eigenvalue weighted by atomic mass is 16.5. The Labute approximate surface area is 225 Å². The van der Waals surface area contributed by atoms with Crippen LogP contribution in [0, 0.1) is 11.3 Å². The minimum absolute atomic E-state index is 0.0261. The average Bonchev–Trinajstić information content (AvgIpc) is 3.67. The zero-order valence-electron chi connectivity index (χ0n) is 22.6. The Balaban J connectivity index is 1.40. The molecule has 3 aliphatic rings. The highest BCUT2D eigenvalue weighted by Gasteiger charge is 2.55. The number of nitrogens with one attached hydrogen (secondary N) is 1. The monoisotopic (exact) mass is 515 g/mol. The molecule has 0 unspecified atom stereocenters. The zero-order chi connectivity index (χ0) is 27.0. The van der Waals surface area contributed by atoms with E-state index in [1.54, 1.807) is 12.0 Å². The number of nitriles is 1. The van der Waals surface area contributed by atoms with Gasteiger partial charge in [-0.1, -0.05) is 42.5 Å². The number of benzene rings is 2. The molecule has 0 bridgehead atoms. The standard InChI is InChI=1S/C30H37N5O3/c1-33(2)30(24-7-5-4-6-8-24)17-15-29(16-18-30)22-34(19-23-9-11-25(38-3)12-10-23)27(37)35(29)20-26(36)32-28(21-31)13-14-28/h4-12H,13-20,22H2,1-3H3,(H,32,36)/t29-,30+. The molecule has 38 heavy (non-hydrogen) atoms. The van der Waals surface area contributed by atoms with Gasteiger partial charge in [-0.05, 0) is 75.9 Å². The summed E-state index contributed by atoms with van der Waals surface area (Å²) in [6, 6.07) is 20.5. The molecule has 5 rings (SSSR count). The number of methoxy groups -OCH3 is 1. The number of carbonyl (C=O) groups is 2. The van der Waals surface area contributed by atoms with Gasteiger partial charge < -0.3 is 19.9 Å². The first-order valence-corrected chi connectivity index (χ1v) is 13.4. The Hall–Kier alpha value is -3.57. The van der Waals surface area contributed by atoms with E-state index >= 15 is 0 Å². The van der Waals surface area contributed by atoms with Crippen LogP contribution in [0.2, 0.25) is 0 Å². The van der Waals surface area contributed by atoms with E-state index in [9.17, 15) is 14.9 Å². The summed E-state index contributed by atoms with van der Waals surface area (Å²) < 4.78 is 5.28. The fourth-order valence-corrected chi connectivity index (χ4v) is 6.33. The molecule has 1 aliphatic heterocycles. The molecule has 200 valence electrons. The fourth-order valence-electron chi connectivity index (χ4n) is 6.33. The third kappa shape index (κ3) is 4.71. The van der Waals surface area contributed by atoms with E-state index in [1.165, 1.54) is 5.56 Å². The van der Waals surface area contributed by atoms with Crippen LogP contribution < -0.4 is 10.1 Å². The number of carbonyl (C=O) groups excluding carboxylic acids is 2. The summed E-state index contributed by atoms with van der Waals surface area (Å²) in [5.41, 5.74) is 0.998. The van der Waals surface area contributed by atoms with Gasteiger partial charge in [0.05, 0.1) is 18.7 Å². The second-order valence-corrected chi connectivity index (χ2v) is 11.3. The van der Waals surface area contributed by atoms with E-state index in [-0.39, 0.29) is 24.0 Å². The highest BCUT2D eigenvalue weighted by Crippen LogP contribution is 2.49. The first kappa shape index (κ1) is 26.1. The molecule has 8 heteroatoms. The zero-order valence-corrected chi connectivity index (χ0v) is 22.6. The Morgan fingerprint density at radius 2 is 1.68 bits per heavy atom. The van der Waals surface area contributed by atoms with E-state index in [2.05, 4.69) is 54.6 Å². The van der Waals surface area contributed by atoms with Crippen molar-refractivity contribution < 1.29 is 14.3 Å². The van der Waals surface area contributed by atoms with E-state index in [0.717, 1.165) is 37.0 Å². The summed E-state index contributed by atoms with van der Waals surface area (Å²) in [6.07, 6.45) is 4.69. The average molecular weight is 516 g/mol. The molecule has 1 N–H and O–H groups in total. The molecule has 3 fully saturated rings. The van der Waals surface area contributed by atoms with Crippen molar-refractivity contribution in [3.8, 4) is 11.8 Å². The van der Waals surface area contributed by atoms with Crippen molar-refractivity contribution in [2.45, 2.75) is 61.7 Å². The highest BCUT2D eigenvalue weighted by molar-refractivity contribution is 5.87. The lowest BCUT2D eigenvalue weighted by molar-refractivity contribution is -0.123. The van der Waals surface area contributed by atoms with Crippen LogP contribution in [0.1, 0.15) is 49.7 Å². The van der Waals surface area contributed by atoms with Gasteiger partial charge in [0.2, 0.25) is 5.91 Å². The van der Waals surface area contributed by atoms with Crippen molar-refractivity contribution in [1.82, 2.24) is 20.0 Å². The smallest absolute Gasteiger partial charge is 0.321 e. The predicted octanol–water partition coefficient (Wildman–Crippen LogP) is 3.88. The number of rotatable bonds is 8. The lowest BCUT2D eigenvalue weighted by Gasteiger charge is -2.51. The fraction of sp³-hybridized carbons (Fsp3) is 0.500. The van der Waals surface area contributed by atoms with Gasteiger partial charge in [0.25, 0.3) is 0 Å². The molecule has 1 heterocycles.